The number of rotatable bonds is 15. The quantitative estimate of drug-likeness (QED) is 0.199. The summed E-state index contributed by atoms with van der Waals surface area (Å²) in [6.07, 6.45) is 1.29. The number of hydrogen-bond acceptors (Lipinski definition) is 7. The maximum absolute atomic E-state index is 13.8. The highest BCUT2D eigenvalue weighted by atomic mass is 32.2. The molecule has 0 aliphatic rings. The number of thioether (sulfide) groups is 1. The Labute approximate surface area is 211 Å². The van der Waals surface area contributed by atoms with Gasteiger partial charge in [0.25, 0.3) is 0 Å². The first-order chi connectivity index (χ1) is 16.0. The summed E-state index contributed by atoms with van der Waals surface area (Å²) in [6, 6.07) is 3.31. The van der Waals surface area contributed by atoms with Crippen molar-refractivity contribution < 1.29 is 29.0 Å². The molecule has 0 aromatic carbocycles. The van der Waals surface area contributed by atoms with Gasteiger partial charge in [-0.2, -0.15) is 0 Å². The predicted octanol–water partition coefficient (Wildman–Crippen LogP) is 4.59. The van der Waals surface area contributed by atoms with E-state index in [1.54, 1.807) is 30.2 Å². The number of carboxylic acids is 1. The van der Waals surface area contributed by atoms with Gasteiger partial charge >= 0.3 is 12.0 Å². The third-order valence-corrected chi connectivity index (χ3v) is 7.63. The van der Waals surface area contributed by atoms with Crippen LogP contribution in [-0.2, 0) is 19.1 Å². The molecule has 1 aromatic rings. The molecule has 194 valence electrons. The Hall–Kier alpha value is -1.62. The van der Waals surface area contributed by atoms with Crippen LogP contribution in [0.2, 0.25) is 0 Å². The van der Waals surface area contributed by atoms with Crippen LogP contribution < -0.4 is 5.32 Å². The normalized spacial score (nSPS) is 14.3. The molecule has 0 spiro atoms. The van der Waals surface area contributed by atoms with Gasteiger partial charge in [-0.25, -0.2) is 4.79 Å². The monoisotopic (exact) mass is 516 g/mol. The number of aliphatic carboxylic acids is 1. The molecule has 0 saturated carbocycles. The maximum Gasteiger partial charge on any atom is 0.324 e. The Morgan fingerprint density at radius 1 is 1.21 bits per heavy atom. The second-order valence-electron chi connectivity index (χ2n) is 9.53. The van der Waals surface area contributed by atoms with Gasteiger partial charge in [0.05, 0.1) is 24.0 Å². The number of carbonyl (C=O) groups excluding carboxylic acids is 2. The first-order valence-electron chi connectivity index (χ1n) is 11.5. The van der Waals surface area contributed by atoms with Gasteiger partial charge in [0.15, 0.2) is 0 Å². The maximum atomic E-state index is 13.8. The van der Waals surface area contributed by atoms with Crippen LogP contribution in [0.1, 0.15) is 47.5 Å². The topological polar surface area (TPSA) is 105 Å². The van der Waals surface area contributed by atoms with Crippen LogP contribution in [0.5, 0.6) is 0 Å². The fourth-order valence-corrected chi connectivity index (χ4v) is 5.55. The first kappa shape index (κ1) is 30.4. The summed E-state index contributed by atoms with van der Waals surface area (Å²) in [5, 5.41) is 14.9. The summed E-state index contributed by atoms with van der Waals surface area (Å²) in [7, 11) is 1.57. The summed E-state index contributed by atoms with van der Waals surface area (Å²) in [6.45, 7) is 10.6. The van der Waals surface area contributed by atoms with Crippen LogP contribution in [0.4, 0.5) is 4.79 Å². The number of amides is 3. The number of ether oxygens (including phenoxy) is 2. The number of carboxylic acid groups (broad SMARTS) is 1. The third kappa shape index (κ3) is 9.56. The van der Waals surface area contributed by atoms with Crippen molar-refractivity contribution in [3.63, 3.8) is 0 Å². The summed E-state index contributed by atoms with van der Waals surface area (Å²) in [4.78, 5) is 40.5. The van der Waals surface area contributed by atoms with Gasteiger partial charge in [-0.3, -0.25) is 14.5 Å². The molecule has 3 amide bonds. The van der Waals surface area contributed by atoms with Gasteiger partial charge in [0, 0.05) is 26.0 Å². The lowest BCUT2D eigenvalue weighted by Crippen LogP contribution is -2.57. The molecule has 1 aromatic heterocycles. The van der Waals surface area contributed by atoms with E-state index in [0.717, 1.165) is 15.5 Å². The zero-order valence-corrected chi connectivity index (χ0v) is 22.9. The highest BCUT2D eigenvalue weighted by Gasteiger charge is 2.51. The third-order valence-electron chi connectivity index (χ3n) is 5.34. The molecule has 34 heavy (non-hydrogen) atoms. The van der Waals surface area contributed by atoms with Crippen molar-refractivity contribution in [2.24, 2.45) is 16.7 Å². The fraction of sp³-hybridized carbons (Fsp3) is 0.708. The smallest absolute Gasteiger partial charge is 0.324 e. The molecule has 0 fully saturated rings. The predicted molar refractivity (Wildman–Crippen MR) is 136 cm³/mol. The van der Waals surface area contributed by atoms with Gasteiger partial charge < -0.3 is 19.9 Å². The van der Waals surface area contributed by atoms with Gasteiger partial charge in [-0.05, 0) is 36.1 Å². The van der Waals surface area contributed by atoms with E-state index >= 15 is 0 Å². The van der Waals surface area contributed by atoms with Gasteiger partial charge in [0.2, 0.25) is 5.91 Å². The lowest BCUT2D eigenvalue weighted by atomic mass is 9.74. The summed E-state index contributed by atoms with van der Waals surface area (Å²) < 4.78 is 11.4. The van der Waals surface area contributed by atoms with Gasteiger partial charge in [-0.1, -0.05) is 40.2 Å². The largest absolute Gasteiger partial charge is 0.480 e. The van der Waals surface area contributed by atoms with Crippen LogP contribution in [0.15, 0.2) is 21.7 Å². The standard InChI is InChI=1S/C24H40N2O6S2/c1-7-9-18(16-34-19-10-8-15-33-19)24(5,21(28)29)20(27)26(17-23(2,3)4)22(30)25-11-12-32-14-13-31-6/h8,10,15,18H,7,9,11-14,16-17H2,1-6H3,(H,25,30)(H,28,29)/t18-,24-/m0/s1. The number of methoxy groups -OCH3 is 1. The van der Waals surface area contributed by atoms with Crippen molar-refractivity contribution >= 4 is 41.0 Å². The van der Waals surface area contributed by atoms with Crippen LogP contribution in [-0.4, -0.2) is 73.7 Å². The van der Waals surface area contributed by atoms with E-state index in [9.17, 15) is 19.5 Å². The highest BCUT2D eigenvalue weighted by Crippen LogP contribution is 2.39. The van der Waals surface area contributed by atoms with Crippen LogP contribution >= 0.6 is 23.1 Å². The van der Waals surface area contributed by atoms with Crippen molar-refractivity contribution in [3.8, 4) is 0 Å². The second kappa shape index (κ2) is 14.7. The summed E-state index contributed by atoms with van der Waals surface area (Å²) in [5.41, 5.74) is -2.15. The molecule has 10 heteroatoms. The van der Waals surface area contributed by atoms with Crippen molar-refractivity contribution in [1.29, 1.82) is 0 Å². The van der Waals surface area contributed by atoms with Crippen molar-refractivity contribution in [2.75, 3.05) is 45.8 Å². The lowest BCUT2D eigenvalue weighted by Gasteiger charge is -2.38. The number of carbonyl (C=O) groups is 3. The molecular weight excluding hydrogens is 476 g/mol. The molecule has 0 saturated heterocycles. The van der Waals surface area contributed by atoms with Crippen molar-refractivity contribution in [3.05, 3.63) is 17.5 Å². The Balaban J connectivity index is 3.10. The Kier molecular flexibility index (Phi) is 13.2. The van der Waals surface area contributed by atoms with E-state index in [-0.39, 0.29) is 19.7 Å². The van der Waals surface area contributed by atoms with Gasteiger partial charge in [0.1, 0.15) is 5.41 Å². The molecular formula is C24H40N2O6S2. The molecule has 0 unspecified atom stereocenters. The minimum absolute atomic E-state index is 0.0992. The molecule has 0 aliphatic carbocycles. The minimum Gasteiger partial charge on any atom is -0.480 e. The zero-order valence-electron chi connectivity index (χ0n) is 21.2. The average Bonchev–Trinajstić information content (AvgIpc) is 3.29. The van der Waals surface area contributed by atoms with E-state index in [0.29, 0.717) is 25.4 Å². The summed E-state index contributed by atoms with van der Waals surface area (Å²) in [5.74, 6) is -1.86. The number of imide groups is 1. The summed E-state index contributed by atoms with van der Waals surface area (Å²) >= 11 is 3.13. The Morgan fingerprint density at radius 2 is 1.91 bits per heavy atom. The molecule has 2 N–H and O–H groups in total. The van der Waals surface area contributed by atoms with Crippen LogP contribution in [0.3, 0.4) is 0 Å². The van der Waals surface area contributed by atoms with E-state index in [1.807, 2.05) is 45.2 Å². The zero-order chi connectivity index (χ0) is 25.8. The molecule has 0 bridgehead atoms. The fourth-order valence-electron chi connectivity index (χ4n) is 3.42. The minimum atomic E-state index is -1.74. The molecule has 1 rings (SSSR count). The molecule has 8 nitrogen and oxygen atoms in total. The van der Waals surface area contributed by atoms with Crippen molar-refractivity contribution in [2.45, 2.75) is 51.7 Å². The SMILES string of the molecule is CCC[C@@H](CSc1cccs1)[C@](C)(C(=O)O)C(=O)N(CC(C)(C)C)C(=O)NCCOCCOC. The molecule has 2 atom stereocenters. The molecule has 0 radical (unpaired) electrons. The number of thiophene rings is 1. The molecule has 1 heterocycles. The lowest BCUT2D eigenvalue weighted by molar-refractivity contribution is -0.162. The van der Waals surface area contributed by atoms with E-state index in [4.69, 9.17) is 9.47 Å². The van der Waals surface area contributed by atoms with E-state index < -0.39 is 34.7 Å². The highest BCUT2D eigenvalue weighted by molar-refractivity contribution is 8.01. The van der Waals surface area contributed by atoms with Crippen molar-refractivity contribution in [1.82, 2.24) is 10.2 Å². The average molecular weight is 517 g/mol. The second-order valence-corrected chi connectivity index (χ2v) is 11.8. The Bertz CT molecular complexity index is 766. The van der Waals surface area contributed by atoms with E-state index in [2.05, 4.69) is 5.32 Å². The van der Waals surface area contributed by atoms with Crippen LogP contribution in [0.25, 0.3) is 0 Å². The van der Waals surface area contributed by atoms with Crippen LogP contribution in [0, 0.1) is 16.7 Å². The Morgan fingerprint density at radius 3 is 2.44 bits per heavy atom. The number of nitrogens with one attached hydrogen (secondary N) is 1. The number of nitrogens with zero attached hydrogens (tertiary/aromatic N) is 1. The van der Waals surface area contributed by atoms with Gasteiger partial charge in [-0.15, -0.1) is 23.1 Å². The van der Waals surface area contributed by atoms with E-state index in [1.165, 1.54) is 6.92 Å². The first-order valence-corrected chi connectivity index (χ1v) is 13.4. The number of urea groups is 1. The number of hydrogen-bond donors (Lipinski definition) is 2. The molecule has 0 aliphatic heterocycles.